The molecule has 18 heavy (non-hydrogen) atoms. The van der Waals surface area contributed by atoms with E-state index in [0.29, 0.717) is 5.69 Å². The Morgan fingerprint density at radius 1 is 1.50 bits per heavy atom. The van der Waals surface area contributed by atoms with Crippen LogP contribution in [0.5, 0.6) is 0 Å². The van der Waals surface area contributed by atoms with E-state index in [1.165, 1.54) is 16.8 Å². The van der Waals surface area contributed by atoms with Gasteiger partial charge in [-0.05, 0) is 40.8 Å². The van der Waals surface area contributed by atoms with E-state index < -0.39 is 11.8 Å². The monoisotopic (exact) mass is 358 g/mol. The van der Waals surface area contributed by atoms with Crippen LogP contribution in [0.15, 0.2) is 36.7 Å². The lowest BCUT2D eigenvalue weighted by atomic mass is 10.1. The summed E-state index contributed by atoms with van der Waals surface area (Å²) >= 11 is 2.09. The minimum absolute atomic E-state index is 0.194. The number of carboxylic acids is 1. The molecule has 0 aliphatic rings. The number of carbonyl (C=O) groups is 1. The summed E-state index contributed by atoms with van der Waals surface area (Å²) in [5.41, 5.74) is 0.690. The van der Waals surface area contributed by atoms with Gasteiger partial charge in [0.05, 0.1) is 15.5 Å². The molecule has 0 saturated carbocycles. The summed E-state index contributed by atoms with van der Waals surface area (Å²) in [6.07, 6.45) is 5.49. The van der Waals surface area contributed by atoms with Gasteiger partial charge in [0, 0.05) is 17.8 Å². The first-order valence-electron chi connectivity index (χ1n) is 4.98. The number of aliphatic carboxylic acids is 1. The van der Waals surface area contributed by atoms with Crippen molar-refractivity contribution in [1.29, 1.82) is 0 Å². The molecule has 0 unspecified atom stereocenters. The van der Waals surface area contributed by atoms with E-state index in [1.54, 1.807) is 24.5 Å². The molecule has 0 aliphatic heterocycles. The van der Waals surface area contributed by atoms with Crippen LogP contribution < -0.4 is 0 Å². The molecule has 0 saturated heterocycles. The van der Waals surface area contributed by atoms with Crippen molar-refractivity contribution in [3.63, 3.8) is 0 Å². The van der Waals surface area contributed by atoms with Crippen molar-refractivity contribution in [2.24, 2.45) is 0 Å². The topological polar surface area (TPSA) is 55.1 Å². The third-order valence-corrected chi connectivity index (χ3v) is 2.78. The summed E-state index contributed by atoms with van der Waals surface area (Å²) in [4.78, 5) is 10.5. The van der Waals surface area contributed by atoms with Gasteiger partial charge in [0.2, 0.25) is 0 Å². The van der Waals surface area contributed by atoms with Crippen LogP contribution >= 0.6 is 22.6 Å². The average molecular weight is 358 g/mol. The molecule has 1 heterocycles. The van der Waals surface area contributed by atoms with Gasteiger partial charge in [-0.2, -0.15) is 5.10 Å². The molecule has 1 aromatic carbocycles. The molecule has 92 valence electrons. The molecule has 4 nitrogen and oxygen atoms in total. The van der Waals surface area contributed by atoms with Crippen LogP contribution in [0.2, 0.25) is 0 Å². The first-order valence-corrected chi connectivity index (χ1v) is 6.06. The Kier molecular flexibility index (Phi) is 3.75. The Bertz CT molecular complexity index is 622. The van der Waals surface area contributed by atoms with Gasteiger partial charge in [0.1, 0.15) is 5.82 Å². The predicted molar refractivity (Wildman–Crippen MR) is 72.9 cm³/mol. The van der Waals surface area contributed by atoms with Crippen LogP contribution in [-0.4, -0.2) is 20.9 Å². The van der Waals surface area contributed by atoms with Gasteiger partial charge in [-0.25, -0.2) is 13.9 Å². The van der Waals surface area contributed by atoms with Crippen molar-refractivity contribution in [2.45, 2.75) is 0 Å². The number of nitrogens with zero attached hydrogens (tertiary/aromatic N) is 2. The molecular weight excluding hydrogens is 350 g/mol. The van der Waals surface area contributed by atoms with Crippen LogP contribution in [0.3, 0.4) is 0 Å². The number of hydrogen-bond acceptors (Lipinski definition) is 2. The summed E-state index contributed by atoms with van der Waals surface area (Å²) in [5, 5.41) is 12.7. The van der Waals surface area contributed by atoms with E-state index in [4.69, 9.17) is 5.11 Å². The van der Waals surface area contributed by atoms with E-state index in [0.717, 1.165) is 9.65 Å². The van der Waals surface area contributed by atoms with Crippen molar-refractivity contribution in [1.82, 2.24) is 9.78 Å². The van der Waals surface area contributed by atoms with E-state index in [1.807, 2.05) is 0 Å². The first kappa shape index (κ1) is 12.7. The Morgan fingerprint density at radius 2 is 2.28 bits per heavy atom. The van der Waals surface area contributed by atoms with E-state index in [2.05, 4.69) is 27.7 Å². The molecule has 0 radical (unpaired) electrons. The predicted octanol–water partition coefficient (Wildman–Crippen LogP) is 2.71. The molecule has 0 aliphatic carbocycles. The molecular formula is C12H8FIN2O2. The van der Waals surface area contributed by atoms with Gasteiger partial charge in [-0.1, -0.05) is 6.07 Å². The zero-order valence-electron chi connectivity index (χ0n) is 9.05. The Labute approximate surface area is 116 Å². The van der Waals surface area contributed by atoms with Crippen molar-refractivity contribution >= 4 is 34.6 Å². The summed E-state index contributed by atoms with van der Waals surface area (Å²) in [6.45, 7) is 0. The summed E-state index contributed by atoms with van der Waals surface area (Å²) in [7, 11) is 0. The van der Waals surface area contributed by atoms with Crippen molar-refractivity contribution in [2.75, 3.05) is 0 Å². The molecule has 0 fully saturated rings. The summed E-state index contributed by atoms with van der Waals surface area (Å²) in [6, 6.07) is 4.50. The number of rotatable bonds is 3. The SMILES string of the molecule is O=C(O)/C=C/c1c(F)cccc1-n1cc(I)cn1. The molecule has 2 rings (SSSR count). The van der Waals surface area contributed by atoms with Gasteiger partial charge in [-0.15, -0.1) is 0 Å². The molecule has 0 spiro atoms. The first-order chi connectivity index (χ1) is 8.58. The number of benzene rings is 1. The van der Waals surface area contributed by atoms with Crippen molar-refractivity contribution < 1.29 is 14.3 Å². The molecule has 6 heteroatoms. The quantitative estimate of drug-likeness (QED) is 0.678. The van der Waals surface area contributed by atoms with Gasteiger partial charge in [0.15, 0.2) is 0 Å². The van der Waals surface area contributed by atoms with E-state index in [-0.39, 0.29) is 5.56 Å². The van der Waals surface area contributed by atoms with Crippen LogP contribution in [0.1, 0.15) is 5.56 Å². The minimum atomic E-state index is -1.13. The molecule has 1 aromatic heterocycles. The smallest absolute Gasteiger partial charge is 0.328 e. The zero-order valence-corrected chi connectivity index (χ0v) is 11.2. The van der Waals surface area contributed by atoms with Gasteiger partial charge >= 0.3 is 5.97 Å². The third kappa shape index (κ3) is 2.76. The third-order valence-electron chi connectivity index (χ3n) is 2.22. The molecule has 1 N–H and O–H groups in total. The number of hydrogen-bond donors (Lipinski definition) is 1. The lowest BCUT2D eigenvalue weighted by Crippen LogP contribution is -2.00. The highest BCUT2D eigenvalue weighted by Crippen LogP contribution is 2.20. The molecule has 0 bridgehead atoms. The highest BCUT2D eigenvalue weighted by atomic mass is 127. The lowest BCUT2D eigenvalue weighted by Gasteiger charge is -2.06. The van der Waals surface area contributed by atoms with Crippen LogP contribution in [0.25, 0.3) is 11.8 Å². The van der Waals surface area contributed by atoms with Crippen molar-refractivity contribution in [3.8, 4) is 5.69 Å². The molecule has 0 amide bonds. The lowest BCUT2D eigenvalue weighted by molar-refractivity contribution is -0.131. The standard InChI is InChI=1S/C12H8FIN2O2/c13-10-2-1-3-11(9(10)4-5-12(17)18)16-7-8(14)6-15-16/h1-7H,(H,17,18)/b5-4+. The van der Waals surface area contributed by atoms with Gasteiger partial charge in [0.25, 0.3) is 0 Å². The normalized spacial score (nSPS) is 11.0. The highest BCUT2D eigenvalue weighted by Gasteiger charge is 2.08. The Morgan fingerprint density at radius 3 is 2.89 bits per heavy atom. The second-order valence-corrected chi connectivity index (χ2v) is 4.69. The van der Waals surface area contributed by atoms with E-state index >= 15 is 0 Å². The maximum atomic E-state index is 13.7. The van der Waals surface area contributed by atoms with Gasteiger partial charge < -0.3 is 5.11 Å². The van der Waals surface area contributed by atoms with Crippen LogP contribution in [0.4, 0.5) is 4.39 Å². The van der Waals surface area contributed by atoms with Gasteiger partial charge in [-0.3, -0.25) is 0 Å². The average Bonchev–Trinajstić information content (AvgIpc) is 2.73. The molecule has 2 aromatic rings. The summed E-state index contributed by atoms with van der Waals surface area (Å²) < 4.78 is 16.1. The van der Waals surface area contributed by atoms with Crippen LogP contribution in [0, 0.1) is 9.39 Å². The molecule has 0 atom stereocenters. The summed E-state index contributed by atoms with van der Waals surface area (Å²) in [5.74, 6) is -1.62. The fourth-order valence-electron chi connectivity index (χ4n) is 1.48. The Hall–Kier alpha value is -1.70. The number of aromatic nitrogens is 2. The zero-order chi connectivity index (χ0) is 13.1. The Balaban J connectivity index is 2.54. The maximum Gasteiger partial charge on any atom is 0.328 e. The second kappa shape index (κ2) is 5.30. The fraction of sp³-hybridized carbons (Fsp3) is 0. The van der Waals surface area contributed by atoms with E-state index in [9.17, 15) is 9.18 Å². The number of carboxylic acid groups (broad SMARTS) is 1. The largest absolute Gasteiger partial charge is 0.478 e. The minimum Gasteiger partial charge on any atom is -0.478 e. The van der Waals surface area contributed by atoms with Crippen molar-refractivity contribution in [3.05, 3.63) is 51.6 Å². The second-order valence-electron chi connectivity index (χ2n) is 3.45. The highest BCUT2D eigenvalue weighted by molar-refractivity contribution is 14.1. The van der Waals surface area contributed by atoms with Crippen LogP contribution in [-0.2, 0) is 4.79 Å². The fourth-order valence-corrected chi connectivity index (χ4v) is 1.87. The maximum absolute atomic E-state index is 13.7. The number of halogens is 2.